The Labute approximate surface area is 119 Å². The summed E-state index contributed by atoms with van der Waals surface area (Å²) in [5.41, 5.74) is 2.22. The zero-order valence-electron chi connectivity index (χ0n) is 12.0. The average Bonchev–Trinajstić information content (AvgIpc) is 2.98. The van der Waals surface area contributed by atoms with Crippen LogP contribution in [-0.4, -0.2) is 36.4 Å². The van der Waals surface area contributed by atoms with Gasteiger partial charge in [0, 0.05) is 43.3 Å². The molecule has 0 unspecified atom stereocenters. The number of benzene rings is 1. The monoisotopic (exact) mass is 272 g/mol. The standard InChI is InChI=1S/C15H20N4O/c1-11(2)14-17-18-15(20-14)12-3-5-13(6-4-12)19-9-7-16-8-10-19/h3-6,11,16H,7-10H2,1-2H3. The molecule has 0 aliphatic carbocycles. The number of aromatic nitrogens is 2. The van der Waals surface area contributed by atoms with Gasteiger partial charge in [0.25, 0.3) is 0 Å². The first-order valence-corrected chi connectivity index (χ1v) is 7.13. The van der Waals surface area contributed by atoms with Gasteiger partial charge < -0.3 is 14.6 Å². The lowest BCUT2D eigenvalue weighted by molar-refractivity contribution is 0.481. The number of nitrogens with one attached hydrogen (secondary N) is 1. The largest absolute Gasteiger partial charge is 0.420 e. The van der Waals surface area contributed by atoms with Crippen LogP contribution in [0.25, 0.3) is 11.5 Å². The third-order valence-electron chi connectivity index (χ3n) is 3.53. The molecule has 0 amide bonds. The lowest BCUT2D eigenvalue weighted by atomic mass is 10.2. The van der Waals surface area contributed by atoms with Crippen LogP contribution in [0, 0.1) is 0 Å². The molecule has 1 saturated heterocycles. The highest BCUT2D eigenvalue weighted by atomic mass is 16.4. The molecule has 5 nitrogen and oxygen atoms in total. The molecule has 1 aliphatic rings. The normalized spacial score (nSPS) is 15.8. The first-order valence-electron chi connectivity index (χ1n) is 7.13. The minimum Gasteiger partial charge on any atom is -0.420 e. The van der Waals surface area contributed by atoms with Crippen molar-refractivity contribution in [1.29, 1.82) is 0 Å². The number of hydrogen-bond donors (Lipinski definition) is 1. The van der Waals surface area contributed by atoms with Crippen LogP contribution >= 0.6 is 0 Å². The molecule has 1 N–H and O–H groups in total. The fraction of sp³-hybridized carbons (Fsp3) is 0.467. The van der Waals surface area contributed by atoms with Crippen LogP contribution in [0.4, 0.5) is 5.69 Å². The minimum absolute atomic E-state index is 0.261. The topological polar surface area (TPSA) is 54.2 Å². The molecule has 1 fully saturated rings. The maximum absolute atomic E-state index is 5.67. The summed E-state index contributed by atoms with van der Waals surface area (Å²) >= 11 is 0. The Kier molecular flexibility index (Phi) is 3.69. The molecule has 0 radical (unpaired) electrons. The summed E-state index contributed by atoms with van der Waals surface area (Å²) in [4.78, 5) is 2.38. The lowest BCUT2D eigenvalue weighted by Crippen LogP contribution is -2.43. The van der Waals surface area contributed by atoms with Gasteiger partial charge in [-0.05, 0) is 24.3 Å². The second kappa shape index (κ2) is 5.63. The summed E-state index contributed by atoms with van der Waals surface area (Å²) in [5, 5.41) is 11.5. The van der Waals surface area contributed by atoms with E-state index in [0.29, 0.717) is 11.8 Å². The summed E-state index contributed by atoms with van der Waals surface area (Å²) in [6, 6.07) is 8.35. The highest BCUT2D eigenvalue weighted by Crippen LogP contribution is 2.24. The Bertz CT molecular complexity index is 556. The summed E-state index contributed by atoms with van der Waals surface area (Å²) in [6.45, 7) is 8.29. The molecule has 2 aromatic rings. The molecule has 0 saturated carbocycles. The minimum atomic E-state index is 0.261. The molecule has 2 heterocycles. The van der Waals surface area contributed by atoms with Gasteiger partial charge in [0.1, 0.15) is 0 Å². The quantitative estimate of drug-likeness (QED) is 0.929. The fourth-order valence-corrected chi connectivity index (χ4v) is 2.32. The molecule has 5 heteroatoms. The lowest BCUT2D eigenvalue weighted by Gasteiger charge is -2.29. The van der Waals surface area contributed by atoms with E-state index < -0.39 is 0 Å². The van der Waals surface area contributed by atoms with Crippen molar-refractivity contribution in [3.63, 3.8) is 0 Å². The average molecular weight is 272 g/mol. The molecular formula is C15H20N4O. The predicted octanol–water partition coefficient (Wildman–Crippen LogP) is 2.27. The van der Waals surface area contributed by atoms with Crippen LogP contribution < -0.4 is 10.2 Å². The van der Waals surface area contributed by atoms with Crippen molar-refractivity contribution in [3.05, 3.63) is 30.2 Å². The molecule has 0 bridgehead atoms. The summed E-state index contributed by atoms with van der Waals surface area (Å²) < 4.78 is 5.67. The number of anilines is 1. The van der Waals surface area contributed by atoms with E-state index in [9.17, 15) is 0 Å². The SMILES string of the molecule is CC(C)c1nnc(-c2ccc(N3CCNCC3)cc2)o1. The molecule has 1 aromatic heterocycles. The van der Waals surface area contributed by atoms with Crippen molar-refractivity contribution in [2.75, 3.05) is 31.1 Å². The number of rotatable bonds is 3. The van der Waals surface area contributed by atoms with Crippen LogP contribution in [0.2, 0.25) is 0 Å². The van der Waals surface area contributed by atoms with Gasteiger partial charge in [0.2, 0.25) is 11.8 Å². The van der Waals surface area contributed by atoms with E-state index in [1.807, 2.05) is 13.8 Å². The van der Waals surface area contributed by atoms with E-state index in [1.165, 1.54) is 5.69 Å². The van der Waals surface area contributed by atoms with Gasteiger partial charge in [-0.15, -0.1) is 10.2 Å². The van der Waals surface area contributed by atoms with E-state index in [0.717, 1.165) is 31.7 Å². The van der Waals surface area contributed by atoms with Crippen LogP contribution in [0.1, 0.15) is 25.7 Å². The highest BCUT2D eigenvalue weighted by Gasteiger charge is 2.13. The number of hydrogen-bond acceptors (Lipinski definition) is 5. The van der Waals surface area contributed by atoms with E-state index in [2.05, 4.69) is 44.7 Å². The molecule has 0 spiro atoms. The van der Waals surface area contributed by atoms with Crippen molar-refractivity contribution in [1.82, 2.24) is 15.5 Å². The van der Waals surface area contributed by atoms with E-state index in [4.69, 9.17) is 4.42 Å². The smallest absolute Gasteiger partial charge is 0.247 e. The van der Waals surface area contributed by atoms with Gasteiger partial charge >= 0.3 is 0 Å². The number of nitrogens with zero attached hydrogens (tertiary/aromatic N) is 3. The zero-order valence-corrected chi connectivity index (χ0v) is 12.0. The molecular weight excluding hydrogens is 252 g/mol. The molecule has 106 valence electrons. The first kappa shape index (κ1) is 13.1. The van der Waals surface area contributed by atoms with Crippen molar-refractivity contribution >= 4 is 5.69 Å². The summed E-state index contributed by atoms with van der Waals surface area (Å²) in [7, 11) is 0. The Balaban J connectivity index is 1.77. The first-order chi connectivity index (χ1) is 9.74. The zero-order chi connectivity index (χ0) is 13.9. The van der Waals surface area contributed by atoms with Gasteiger partial charge in [-0.2, -0.15) is 0 Å². The Hall–Kier alpha value is -1.88. The van der Waals surface area contributed by atoms with E-state index >= 15 is 0 Å². The van der Waals surface area contributed by atoms with Crippen LogP contribution in [0.3, 0.4) is 0 Å². The second-order valence-corrected chi connectivity index (χ2v) is 5.38. The summed E-state index contributed by atoms with van der Waals surface area (Å²) in [6.07, 6.45) is 0. The third-order valence-corrected chi connectivity index (χ3v) is 3.53. The van der Waals surface area contributed by atoms with E-state index in [1.54, 1.807) is 0 Å². The Morgan fingerprint density at radius 2 is 1.80 bits per heavy atom. The number of piperazine rings is 1. The van der Waals surface area contributed by atoms with Gasteiger partial charge in [-0.25, -0.2) is 0 Å². The van der Waals surface area contributed by atoms with Gasteiger partial charge in [0.15, 0.2) is 0 Å². The fourth-order valence-electron chi connectivity index (χ4n) is 2.32. The van der Waals surface area contributed by atoms with Crippen molar-refractivity contribution < 1.29 is 4.42 Å². The van der Waals surface area contributed by atoms with Gasteiger partial charge in [0.05, 0.1) is 0 Å². The third kappa shape index (κ3) is 2.67. The van der Waals surface area contributed by atoms with Gasteiger partial charge in [-0.3, -0.25) is 0 Å². The van der Waals surface area contributed by atoms with E-state index in [-0.39, 0.29) is 5.92 Å². The maximum atomic E-state index is 5.67. The molecule has 0 atom stereocenters. The van der Waals surface area contributed by atoms with Gasteiger partial charge in [-0.1, -0.05) is 13.8 Å². The summed E-state index contributed by atoms with van der Waals surface area (Å²) in [5.74, 6) is 1.54. The van der Waals surface area contributed by atoms with Crippen LogP contribution in [0.5, 0.6) is 0 Å². The van der Waals surface area contributed by atoms with Crippen molar-refractivity contribution in [3.8, 4) is 11.5 Å². The molecule has 20 heavy (non-hydrogen) atoms. The molecule has 1 aromatic carbocycles. The predicted molar refractivity (Wildman–Crippen MR) is 78.9 cm³/mol. The van der Waals surface area contributed by atoms with Crippen LogP contribution in [-0.2, 0) is 0 Å². The Morgan fingerprint density at radius 1 is 1.10 bits per heavy atom. The second-order valence-electron chi connectivity index (χ2n) is 5.38. The highest BCUT2D eigenvalue weighted by molar-refractivity contribution is 5.59. The van der Waals surface area contributed by atoms with Crippen molar-refractivity contribution in [2.24, 2.45) is 0 Å². The molecule has 1 aliphatic heterocycles. The Morgan fingerprint density at radius 3 is 2.40 bits per heavy atom. The van der Waals surface area contributed by atoms with Crippen LogP contribution in [0.15, 0.2) is 28.7 Å². The van der Waals surface area contributed by atoms with Crippen molar-refractivity contribution in [2.45, 2.75) is 19.8 Å². The maximum Gasteiger partial charge on any atom is 0.247 e. The molecule has 3 rings (SSSR count).